The summed E-state index contributed by atoms with van der Waals surface area (Å²) in [6.45, 7) is 0.467. The Labute approximate surface area is 200 Å². The number of aryl methyl sites for hydroxylation is 2. The number of methoxy groups -OCH3 is 2. The van der Waals surface area contributed by atoms with Crippen molar-refractivity contribution in [3.05, 3.63) is 77.9 Å². The number of carbonyl (C=O) groups is 1. The van der Waals surface area contributed by atoms with Crippen molar-refractivity contribution in [2.45, 2.75) is 30.6 Å². The molecule has 0 saturated carbocycles. The molecular weight excluding hydrogens is 452 g/mol. The van der Waals surface area contributed by atoms with Crippen LogP contribution in [0.4, 0.5) is 11.4 Å². The number of sulfonamides is 1. The van der Waals surface area contributed by atoms with Gasteiger partial charge in [0.2, 0.25) is 5.91 Å². The van der Waals surface area contributed by atoms with Crippen LogP contribution in [0.1, 0.15) is 24.0 Å². The van der Waals surface area contributed by atoms with Crippen molar-refractivity contribution in [2.75, 3.05) is 30.4 Å². The maximum atomic E-state index is 13.3. The molecule has 0 saturated heterocycles. The Morgan fingerprint density at radius 2 is 1.76 bits per heavy atom. The molecule has 0 bridgehead atoms. The number of hydrogen-bond donors (Lipinski definition) is 1. The highest BCUT2D eigenvalue weighted by Gasteiger charge is 2.28. The standard InChI is InChI=1S/C26H28N2O5S/c1-32-21-12-15-25(33-2)23(18-21)27-26(29)16-11-19-9-13-22(14-10-19)34(30,31)28-17-5-7-20-6-3-4-8-24(20)28/h3-4,6,8-10,12-15,18H,5,7,11,16-17H2,1-2H3,(H,27,29). The third kappa shape index (κ3) is 5.02. The van der Waals surface area contributed by atoms with Gasteiger partial charge in [-0.05, 0) is 60.7 Å². The van der Waals surface area contributed by atoms with Gasteiger partial charge in [-0.2, -0.15) is 0 Å². The molecule has 3 aromatic carbocycles. The van der Waals surface area contributed by atoms with Crippen molar-refractivity contribution in [2.24, 2.45) is 0 Å². The lowest BCUT2D eigenvalue weighted by Gasteiger charge is -2.30. The number of nitrogens with zero attached hydrogens (tertiary/aromatic N) is 1. The third-order valence-corrected chi connectivity index (χ3v) is 7.73. The first-order valence-corrected chi connectivity index (χ1v) is 12.6. The number of benzene rings is 3. The molecule has 0 fully saturated rings. The minimum atomic E-state index is -3.65. The van der Waals surface area contributed by atoms with Gasteiger partial charge in [-0.1, -0.05) is 30.3 Å². The topological polar surface area (TPSA) is 84.9 Å². The molecule has 7 nitrogen and oxygen atoms in total. The number of rotatable bonds is 8. The Bertz CT molecular complexity index is 1270. The van der Waals surface area contributed by atoms with Crippen LogP contribution in [0.25, 0.3) is 0 Å². The molecule has 0 unspecified atom stereocenters. The zero-order chi connectivity index (χ0) is 24.1. The summed E-state index contributed by atoms with van der Waals surface area (Å²) < 4.78 is 38.6. The van der Waals surface area contributed by atoms with Gasteiger partial charge in [-0.25, -0.2) is 8.42 Å². The van der Waals surface area contributed by atoms with E-state index in [1.165, 1.54) is 11.4 Å². The van der Waals surface area contributed by atoms with E-state index in [1.54, 1.807) is 49.6 Å². The van der Waals surface area contributed by atoms with E-state index >= 15 is 0 Å². The molecule has 0 aliphatic carbocycles. The number of ether oxygens (including phenoxy) is 2. The van der Waals surface area contributed by atoms with E-state index in [2.05, 4.69) is 5.32 Å². The van der Waals surface area contributed by atoms with E-state index < -0.39 is 10.0 Å². The van der Waals surface area contributed by atoms with Gasteiger partial charge in [-0.3, -0.25) is 9.10 Å². The zero-order valence-corrected chi connectivity index (χ0v) is 20.1. The molecular formula is C26H28N2O5S. The average molecular weight is 481 g/mol. The fourth-order valence-electron chi connectivity index (χ4n) is 4.09. The number of fused-ring (bicyclic) bond motifs is 1. The summed E-state index contributed by atoms with van der Waals surface area (Å²) in [4.78, 5) is 12.7. The van der Waals surface area contributed by atoms with Crippen LogP contribution in [-0.2, 0) is 27.7 Å². The second-order valence-electron chi connectivity index (χ2n) is 8.07. The first-order valence-electron chi connectivity index (χ1n) is 11.1. The van der Waals surface area contributed by atoms with Gasteiger partial charge in [-0.15, -0.1) is 0 Å². The average Bonchev–Trinajstić information content (AvgIpc) is 2.87. The quantitative estimate of drug-likeness (QED) is 0.516. The summed E-state index contributed by atoms with van der Waals surface area (Å²) in [7, 11) is -0.556. The third-order valence-electron chi connectivity index (χ3n) is 5.90. The molecule has 0 radical (unpaired) electrons. The van der Waals surface area contributed by atoms with Crippen molar-refractivity contribution in [3.63, 3.8) is 0 Å². The highest BCUT2D eigenvalue weighted by atomic mass is 32.2. The van der Waals surface area contributed by atoms with Crippen LogP contribution in [0.5, 0.6) is 11.5 Å². The summed E-state index contributed by atoms with van der Waals surface area (Å²) in [5, 5.41) is 2.85. The van der Waals surface area contributed by atoms with Gasteiger partial charge >= 0.3 is 0 Å². The molecule has 178 valence electrons. The Balaban J connectivity index is 1.41. The summed E-state index contributed by atoms with van der Waals surface area (Å²) in [6.07, 6.45) is 2.39. The van der Waals surface area contributed by atoms with Gasteiger partial charge < -0.3 is 14.8 Å². The molecule has 1 amide bonds. The summed E-state index contributed by atoms with van der Waals surface area (Å²) >= 11 is 0. The molecule has 0 atom stereocenters. The van der Waals surface area contributed by atoms with Crippen LogP contribution >= 0.6 is 0 Å². The normalized spacial score (nSPS) is 13.2. The SMILES string of the molecule is COc1ccc(OC)c(NC(=O)CCc2ccc(S(=O)(=O)N3CCCc4ccccc43)cc2)c1. The largest absolute Gasteiger partial charge is 0.497 e. The van der Waals surface area contributed by atoms with Crippen LogP contribution in [-0.4, -0.2) is 35.1 Å². The number of nitrogens with one attached hydrogen (secondary N) is 1. The Hall–Kier alpha value is -3.52. The molecule has 1 N–H and O–H groups in total. The maximum absolute atomic E-state index is 13.3. The molecule has 0 aromatic heterocycles. The van der Waals surface area contributed by atoms with Gasteiger partial charge in [0.05, 0.1) is 30.5 Å². The minimum Gasteiger partial charge on any atom is -0.497 e. The molecule has 1 aliphatic heterocycles. The van der Waals surface area contributed by atoms with Crippen molar-refractivity contribution < 1.29 is 22.7 Å². The van der Waals surface area contributed by atoms with Crippen LogP contribution in [0, 0.1) is 0 Å². The van der Waals surface area contributed by atoms with E-state index in [1.807, 2.05) is 24.3 Å². The van der Waals surface area contributed by atoms with Gasteiger partial charge in [0.1, 0.15) is 11.5 Å². The van der Waals surface area contributed by atoms with Gasteiger partial charge in [0, 0.05) is 19.0 Å². The molecule has 4 rings (SSSR count). The number of para-hydroxylation sites is 1. The highest BCUT2D eigenvalue weighted by Crippen LogP contribution is 2.32. The highest BCUT2D eigenvalue weighted by molar-refractivity contribution is 7.92. The van der Waals surface area contributed by atoms with Crippen molar-refractivity contribution in [3.8, 4) is 11.5 Å². The Morgan fingerprint density at radius 1 is 1.00 bits per heavy atom. The second kappa shape index (κ2) is 10.2. The fourth-order valence-corrected chi connectivity index (χ4v) is 5.63. The molecule has 34 heavy (non-hydrogen) atoms. The minimum absolute atomic E-state index is 0.173. The smallest absolute Gasteiger partial charge is 0.264 e. The van der Waals surface area contributed by atoms with E-state index in [0.717, 1.165) is 29.7 Å². The summed E-state index contributed by atoms with van der Waals surface area (Å²) in [6, 6.07) is 19.6. The molecule has 1 heterocycles. The first-order chi connectivity index (χ1) is 16.4. The van der Waals surface area contributed by atoms with E-state index in [9.17, 15) is 13.2 Å². The lowest BCUT2D eigenvalue weighted by molar-refractivity contribution is -0.116. The fraction of sp³-hybridized carbons (Fsp3) is 0.269. The predicted molar refractivity (Wildman–Crippen MR) is 132 cm³/mol. The number of amides is 1. The lowest BCUT2D eigenvalue weighted by atomic mass is 10.0. The molecule has 1 aliphatic rings. The van der Waals surface area contributed by atoms with Crippen molar-refractivity contribution in [1.29, 1.82) is 0 Å². The van der Waals surface area contributed by atoms with E-state index in [0.29, 0.717) is 30.2 Å². The zero-order valence-electron chi connectivity index (χ0n) is 19.3. The van der Waals surface area contributed by atoms with E-state index in [-0.39, 0.29) is 17.2 Å². The second-order valence-corrected chi connectivity index (χ2v) is 9.93. The van der Waals surface area contributed by atoms with Crippen LogP contribution < -0.4 is 19.1 Å². The summed E-state index contributed by atoms with van der Waals surface area (Å²) in [5.74, 6) is 0.986. The summed E-state index contributed by atoms with van der Waals surface area (Å²) in [5.41, 5.74) is 3.22. The van der Waals surface area contributed by atoms with Crippen LogP contribution in [0.15, 0.2) is 71.6 Å². The van der Waals surface area contributed by atoms with Gasteiger partial charge in [0.15, 0.2) is 0 Å². The Morgan fingerprint density at radius 3 is 2.50 bits per heavy atom. The van der Waals surface area contributed by atoms with E-state index in [4.69, 9.17) is 9.47 Å². The van der Waals surface area contributed by atoms with Crippen LogP contribution in [0.3, 0.4) is 0 Å². The van der Waals surface area contributed by atoms with Crippen LogP contribution in [0.2, 0.25) is 0 Å². The predicted octanol–water partition coefficient (Wildman–Crippen LogP) is 4.42. The molecule has 8 heteroatoms. The lowest BCUT2D eigenvalue weighted by Crippen LogP contribution is -2.35. The van der Waals surface area contributed by atoms with Crippen molar-refractivity contribution >= 4 is 27.3 Å². The first kappa shape index (κ1) is 23.6. The van der Waals surface area contributed by atoms with Crippen molar-refractivity contribution in [1.82, 2.24) is 0 Å². The molecule has 0 spiro atoms. The number of hydrogen-bond acceptors (Lipinski definition) is 5. The maximum Gasteiger partial charge on any atom is 0.264 e. The Kier molecular flexibility index (Phi) is 7.07. The molecule has 3 aromatic rings. The van der Waals surface area contributed by atoms with Gasteiger partial charge in [0.25, 0.3) is 10.0 Å². The monoisotopic (exact) mass is 480 g/mol. The number of carbonyl (C=O) groups excluding carboxylic acids is 1. The number of anilines is 2.